The van der Waals surface area contributed by atoms with Gasteiger partial charge in [0.1, 0.15) is 5.78 Å². The normalized spacial score (nSPS) is 9.56. The second-order valence-corrected chi connectivity index (χ2v) is 2.97. The Balaban J connectivity index is 2.97. The first-order chi connectivity index (χ1) is 4.31. The molecule has 54 valence electrons. The SMILES string of the molecule is CCC(=O)CCCSC. The van der Waals surface area contributed by atoms with Crippen LogP contribution in [0.25, 0.3) is 0 Å². The van der Waals surface area contributed by atoms with Crippen LogP contribution in [-0.4, -0.2) is 17.8 Å². The van der Waals surface area contributed by atoms with Crippen molar-refractivity contribution in [1.82, 2.24) is 0 Å². The van der Waals surface area contributed by atoms with Gasteiger partial charge in [0, 0.05) is 12.8 Å². The minimum absolute atomic E-state index is 0.393. The van der Waals surface area contributed by atoms with E-state index in [2.05, 4.69) is 6.26 Å². The molecule has 0 fully saturated rings. The van der Waals surface area contributed by atoms with E-state index in [1.165, 1.54) is 0 Å². The lowest BCUT2D eigenvalue weighted by Crippen LogP contribution is -1.94. The van der Waals surface area contributed by atoms with Crippen LogP contribution in [0, 0.1) is 0 Å². The number of hydrogen-bond donors (Lipinski definition) is 0. The van der Waals surface area contributed by atoms with E-state index in [-0.39, 0.29) is 0 Å². The Kier molecular flexibility index (Phi) is 6.16. The zero-order valence-electron chi connectivity index (χ0n) is 6.14. The summed E-state index contributed by atoms with van der Waals surface area (Å²) in [6, 6.07) is 0. The van der Waals surface area contributed by atoms with E-state index in [1.54, 1.807) is 11.8 Å². The Labute approximate surface area is 61.2 Å². The first-order valence-electron chi connectivity index (χ1n) is 3.32. The van der Waals surface area contributed by atoms with Gasteiger partial charge in [-0.15, -0.1) is 0 Å². The summed E-state index contributed by atoms with van der Waals surface area (Å²) >= 11 is 1.80. The zero-order valence-corrected chi connectivity index (χ0v) is 6.96. The van der Waals surface area contributed by atoms with E-state index in [0.29, 0.717) is 12.2 Å². The molecule has 0 saturated heterocycles. The Morgan fingerprint density at radius 2 is 2.22 bits per heavy atom. The molecule has 0 aromatic heterocycles. The Morgan fingerprint density at radius 1 is 1.56 bits per heavy atom. The van der Waals surface area contributed by atoms with E-state index in [0.717, 1.165) is 18.6 Å². The Bertz CT molecular complexity index is 81.0. The molecule has 0 aliphatic carbocycles. The van der Waals surface area contributed by atoms with E-state index in [9.17, 15) is 4.79 Å². The van der Waals surface area contributed by atoms with Crippen molar-refractivity contribution in [2.75, 3.05) is 12.0 Å². The molecule has 0 aromatic carbocycles. The van der Waals surface area contributed by atoms with Gasteiger partial charge in [0.25, 0.3) is 0 Å². The maximum absolute atomic E-state index is 10.7. The third-order valence-electron chi connectivity index (χ3n) is 1.20. The van der Waals surface area contributed by atoms with Gasteiger partial charge >= 0.3 is 0 Å². The number of hydrogen-bond acceptors (Lipinski definition) is 2. The van der Waals surface area contributed by atoms with E-state index in [4.69, 9.17) is 0 Å². The monoisotopic (exact) mass is 146 g/mol. The third kappa shape index (κ3) is 5.90. The standard InChI is InChI=1S/C7H14OS/c1-3-7(8)5-4-6-9-2/h3-6H2,1-2H3. The largest absolute Gasteiger partial charge is 0.300 e. The fourth-order valence-electron chi connectivity index (χ4n) is 0.590. The van der Waals surface area contributed by atoms with Crippen LogP contribution in [0.1, 0.15) is 26.2 Å². The van der Waals surface area contributed by atoms with Crippen LogP contribution in [0.3, 0.4) is 0 Å². The van der Waals surface area contributed by atoms with Gasteiger partial charge in [-0.05, 0) is 18.4 Å². The predicted molar refractivity (Wildman–Crippen MR) is 42.9 cm³/mol. The van der Waals surface area contributed by atoms with Crippen LogP contribution >= 0.6 is 11.8 Å². The highest BCUT2D eigenvalue weighted by Crippen LogP contribution is 2.00. The Morgan fingerprint density at radius 3 is 2.67 bits per heavy atom. The lowest BCUT2D eigenvalue weighted by atomic mass is 10.2. The van der Waals surface area contributed by atoms with Crippen molar-refractivity contribution >= 4 is 17.5 Å². The van der Waals surface area contributed by atoms with Crippen LogP contribution in [-0.2, 0) is 4.79 Å². The number of ketones is 1. The molecular weight excluding hydrogens is 132 g/mol. The van der Waals surface area contributed by atoms with E-state index < -0.39 is 0 Å². The lowest BCUT2D eigenvalue weighted by molar-refractivity contribution is -0.118. The van der Waals surface area contributed by atoms with Crippen LogP contribution in [0.2, 0.25) is 0 Å². The number of Topliss-reactive ketones (excluding diaryl/α,β-unsaturated/α-hetero) is 1. The number of carbonyl (C=O) groups is 1. The molecule has 0 saturated carbocycles. The second kappa shape index (κ2) is 6.14. The smallest absolute Gasteiger partial charge is 0.132 e. The molecule has 0 atom stereocenters. The van der Waals surface area contributed by atoms with Gasteiger partial charge in [0.05, 0.1) is 0 Å². The molecule has 0 aliphatic heterocycles. The average Bonchev–Trinajstić information content (AvgIpc) is 1.89. The van der Waals surface area contributed by atoms with E-state index >= 15 is 0 Å². The summed E-state index contributed by atoms with van der Waals surface area (Å²) in [5.74, 6) is 1.51. The van der Waals surface area contributed by atoms with Crippen molar-refractivity contribution in [3.05, 3.63) is 0 Å². The highest BCUT2D eigenvalue weighted by atomic mass is 32.2. The maximum Gasteiger partial charge on any atom is 0.132 e. The molecule has 0 rings (SSSR count). The predicted octanol–water partition coefficient (Wildman–Crippen LogP) is 2.11. The first kappa shape index (κ1) is 9.02. The molecule has 9 heavy (non-hydrogen) atoms. The maximum atomic E-state index is 10.7. The minimum Gasteiger partial charge on any atom is -0.300 e. The van der Waals surface area contributed by atoms with Crippen molar-refractivity contribution in [2.45, 2.75) is 26.2 Å². The van der Waals surface area contributed by atoms with Crippen LogP contribution in [0.5, 0.6) is 0 Å². The van der Waals surface area contributed by atoms with Gasteiger partial charge in [0.15, 0.2) is 0 Å². The summed E-state index contributed by atoms with van der Waals surface area (Å²) in [4.78, 5) is 10.7. The van der Waals surface area contributed by atoms with Gasteiger partial charge in [-0.3, -0.25) is 4.79 Å². The van der Waals surface area contributed by atoms with Gasteiger partial charge < -0.3 is 0 Å². The van der Waals surface area contributed by atoms with Crippen molar-refractivity contribution in [3.8, 4) is 0 Å². The molecule has 0 heterocycles. The highest BCUT2D eigenvalue weighted by Gasteiger charge is 1.95. The quantitative estimate of drug-likeness (QED) is 0.552. The molecule has 0 amide bonds. The molecule has 0 bridgehead atoms. The molecule has 0 aromatic rings. The summed E-state index contributed by atoms with van der Waals surface area (Å²) in [6.45, 7) is 1.92. The molecule has 0 spiro atoms. The zero-order chi connectivity index (χ0) is 7.11. The van der Waals surface area contributed by atoms with Gasteiger partial charge in [-0.1, -0.05) is 6.92 Å². The molecule has 0 N–H and O–H groups in total. The number of rotatable bonds is 5. The van der Waals surface area contributed by atoms with Crippen molar-refractivity contribution in [3.63, 3.8) is 0 Å². The summed E-state index contributed by atoms with van der Waals surface area (Å²) in [7, 11) is 0. The highest BCUT2D eigenvalue weighted by molar-refractivity contribution is 7.98. The molecule has 0 unspecified atom stereocenters. The molecular formula is C7H14OS. The second-order valence-electron chi connectivity index (χ2n) is 1.99. The number of thioether (sulfide) groups is 1. The molecule has 1 nitrogen and oxygen atoms in total. The van der Waals surface area contributed by atoms with Crippen LogP contribution < -0.4 is 0 Å². The van der Waals surface area contributed by atoms with Crippen molar-refractivity contribution in [1.29, 1.82) is 0 Å². The summed E-state index contributed by atoms with van der Waals surface area (Å²) in [5.41, 5.74) is 0. The fraction of sp³-hybridized carbons (Fsp3) is 0.857. The summed E-state index contributed by atoms with van der Waals surface area (Å²) < 4.78 is 0. The fourth-order valence-corrected chi connectivity index (χ4v) is 1.02. The summed E-state index contributed by atoms with van der Waals surface area (Å²) in [5, 5.41) is 0. The van der Waals surface area contributed by atoms with Crippen molar-refractivity contribution in [2.24, 2.45) is 0 Å². The number of carbonyl (C=O) groups excluding carboxylic acids is 1. The molecule has 2 heteroatoms. The summed E-state index contributed by atoms with van der Waals surface area (Å²) in [6.07, 6.45) is 4.59. The third-order valence-corrected chi connectivity index (χ3v) is 1.90. The van der Waals surface area contributed by atoms with Gasteiger partial charge in [-0.25, -0.2) is 0 Å². The molecule has 0 aliphatic rings. The Hall–Kier alpha value is 0.0200. The minimum atomic E-state index is 0.393. The molecule has 0 radical (unpaired) electrons. The van der Waals surface area contributed by atoms with Gasteiger partial charge in [-0.2, -0.15) is 11.8 Å². The first-order valence-corrected chi connectivity index (χ1v) is 4.71. The lowest BCUT2D eigenvalue weighted by Gasteiger charge is -1.93. The topological polar surface area (TPSA) is 17.1 Å². The average molecular weight is 146 g/mol. The van der Waals surface area contributed by atoms with Crippen LogP contribution in [0.15, 0.2) is 0 Å². The van der Waals surface area contributed by atoms with Gasteiger partial charge in [0.2, 0.25) is 0 Å². The van der Waals surface area contributed by atoms with Crippen molar-refractivity contribution < 1.29 is 4.79 Å². The van der Waals surface area contributed by atoms with E-state index in [1.807, 2.05) is 6.92 Å². The van der Waals surface area contributed by atoms with Crippen LogP contribution in [0.4, 0.5) is 0 Å².